The van der Waals surface area contributed by atoms with Crippen molar-refractivity contribution in [2.45, 2.75) is 0 Å². The van der Waals surface area contributed by atoms with Gasteiger partial charge in [0.1, 0.15) is 0 Å². The smallest absolute Gasteiger partial charge is 0.358 e. The largest absolute Gasteiger partial charge is 0.501 e. The molecule has 3 aromatic heterocycles. The number of thiophene rings is 1. The van der Waals surface area contributed by atoms with Crippen LogP contribution >= 0.6 is 11.3 Å². The summed E-state index contributed by atoms with van der Waals surface area (Å²) >= 11 is 1.11. The molecule has 0 radical (unpaired) electrons. The molecule has 0 saturated carbocycles. The Kier molecular flexibility index (Phi) is 5.57. The number of carboxylic acid groups (broad SMARTS) is 1. The zero-order valence-electron chi connectivity index (χ0n) is 16.1. The van der Waals surface area contributed by atoms with Crippen molar-refractivity contribution in [1.82, 2.24) is 9.97 Å². The van der Waals surface area contributed by atoms with Crippen LogP contribution < -0.4 is 10.9 Å². The predicted molar refractivity (Wildman–Crippen MR) is 116 cm³/mol. The molecule has 0 aliphatic carbocycles. The van der Waals surface area contributed by atoms with Crippen LogP contribution in [-0.2, 0) is 0 Å². The van der Waals surface area contributed by atoms with Crippen molar-refractivity contribution in [2.75, 3.05) is 5.32 Å². The van der Waals surface area contributed by atoms with Gasteiger partial charge in [-0.25, -0.2) is 9.78 Å². The van der Waals surface area contributed by atoms with Crippen LogP contribution in [0.5, 0.6) is 5.75 Å². The van der Waals surface area contributed by atoms with E-state index in [4.69, 9.17) is 9.52 Å². The number of furan rings is 1. The molecule has 0 aliphatic rings. The van der Waals surface area contributed by atoms with Gasteiger partial charge in [-0.1, -0.05) is 24.1 Å². The average Bonchev–Trinajstić information content (AvgIpc) is 3.44. The summed E-state index contributed by atoms with van der Waals surface area (Å²) in [5.74, 6) is 2.85. The number of aromatic carboxylic acids is 1. The quantitative estimate of drug-likeness (QED) is 0.352. The maximum absolute atomic E-state index is 12.6. The number of hydrogen-bond donors (Lipinski definition) is 4. The number of benzene rings is 1. The van der Waals surface area contributed by atoms with Crippen LogP contribution in [0.1, 0.15) is 32.4 Å². The normalized spacial score (nSPS) is 10.2. The molecule has 0 unspecified atom stereocenters. The first-order valence-corrected chi connectivity index (χ1v) is 9.93. The summed E-state index contributed by atoms with van der Waals surface area (Å²) in [6.07, 6.45) is 0. The van der Waals surface area contributed by atoms with Crippen molar-refractivity contribution < 1.29 is 24.2 Å². The van der Waals surface area contributed by atoms with Gasteiger partial charge in [-0.2, -0.15) is 0 Å². The molecule has 0 atom stereocenters. The third-order valence-electron chi connectivity index (χ3n) is 4.16. The first-order chi connectivity index (χ1) is 15.4. The van der Waals surface area contributed by atoms with E-state index in [1.54, 1.807) is 17.5 Å². The van der Waals surface area contributed by atoms with Crippen LogP contribution in [0, 0.1) is 11.8 Å². The molecule has 158 valence electrons. The molecule has 1 aromatic carbocycles. The number of H-pyrrole nitrogens is 1. The minimum absolute atomic E-state index is 0.0119. The van der Waals surface area contributed by atoms with Crippen molar-refractivity contribution in [3.8, 4) is 28.3 Å². The maximum atomic E-state index is 12.6. The topological polar surface area (TPSA) is 146 Å². The van der Waals surface area contributed by atoms with Crippen LogP contribution in [-0.4, -0.2) is 32.1 Å². The van der Waals surface area contributed by atoms with E-state index in [0.29, 0.717) is 10.6 Å². The molecule has 9 nitrogen and oxygen atoms in total. The van der Waals surface area contributed by atoms with E-state index in [-0.39, 0.29) is 17.3 Å². The Bertz CT molecular complexity index is 1440. The third-order valence-corrected chi connectivity index (χ3v) is 5.08. The Morgan fingerprint density at radius 2 is 1.88 bits per heavy atom. The van der Waals surface area contributed by atoms with Crippen LogP contribution in [0.4, 0.5) is 5.69 Å². The van der Waals surface area contributed by atoms with Crippen LogP contribution in [0.25, 0.3) is 10.7 Å². The van der Waals surface area contributed by atoms with Gasteiger partial charge < -0.3 is 24.9 Å². The highest BCUT2D eigenvalue weighted by Gasteiger charge is 2.21. The zero-order chi connectivity index (χ0) is 22.7. The van der Waals surface area contributed by atoms with Crippen molar-refractivity contribution in [3.05, 3.63) is 87.0 Å². The van der Waals surface area contributed by atoms with Crippen molar-refractivity contribution in [2.24, 2.45) is 0 Å². The molecule has 10 heteroatoms. The fraction of sp³-hybridized carbons (Fsp3) is 0. The molecule has 0 fully saturated rings. The lowest BCUT2D eigenvalue weighted by Gasteiger charge is -2.06. The highest BCUT2D eigenvalue weighted by molar-refractivity contribution is 7.14. The van der Waals surface area contributed by atoms with Gasteiger partial charge >= 0.3 is 5.97 Å². The number of nitrogens with one attached hydrogen (secondary N) is 2. The minimum atomic E-state index is -1.56. The lowest BCUT2D eigenvalue weighted by Crippen LogP contribution is -2.16. The second kappa shape index (κ2) is 8.63. The number of aromatic amines is 1. The molecule has 32 heavy (non-hydrogen) atoms. The molecular weight excluding hydrogens is 434 g/mol. The van der Waals surface area contributed by atoms with Crippen LogP contribution in [0.15, 0.2) is 63.1 Å². The van der Waals surface area contributed by atoms with Crippen molar-refractivity contribution >= 4 is 28.9 Å². The highest BCUT2D eigenvalue weighted by atomic mass is 32.1. The van der Waals surface area contributed by atoms with E-state index in [0.717, 1.165) is 16.9 Å². The first-order valence-electron chi connectivity index (χ1n) is 9.05. The van der Waals surface area contributed by atoms with Gasteiger partial charge in [0.05, 0.1) is 10.6 Å². The average molecular weight is 447 g/mol. The number of carbonyl (C=O) groups is 2. The summed E-state index contributed by atoms with van der Waals surface area (Å²) in [6.45, 7) is 0. The summed E-state index contributed by atoms with van der Waals surface area (Å²) in [5, 5.41) is 23.0. The molecule has 4 N–H and O–H groups in total. The second-order valence-corrected chi connectivity index (χ2v) is 7.23. The van der Waals surface area contributed by atoms with E-state index in [1.165, 1.54) is 6.07 Å². The fourth-order valence-corrected chi connectivity index (χ4v) is 3.48. The Labute approximate surface area is 184 Å². The van der Waals surface area contributed by atoms with E-state index >= 15 is 0 Å². The van der Waals surface area contributed by atoms with Crippen LogP contribution in [0.3, 0.4) is 0 Å². The van der Waals surface area contributed by atoms with Gasteiger partial charge in [-0.15, -0.1) is 11.3 Å². The molecule has 0 bridgehead atoms. The van der Waals surface area contributed by atoms with Gasteiger partial charge in [0.25, 0.3) is 11.5 Å². The molecule has 0 aliphatic heterocycles. The third kappa shape index (κ3) is 4.28. The molecule has 4 rings (SSSR count). The highest BCUT2D eigenvalue weighted by Crippen LogP contribution is 2.32. The second-order valence-electron chi connectivity index (χ2n) is 6.31. The molecule has 0 spiro atoms. The first kappa shape index (κ1) is 20.6. The van der Waals surface area contributed by atoms with Gasteiger partial charge in [-0.05, 0) is 41.6 Å². The Balaban J connectivity index is 1.56. The SMILES string of the molecule is O=C(Nc1ccsc1-c1nc(C(=O)O)c(O)c(=O)[nH]1)c1ccc(C#Cc2ccccc2)o1. The van der Waals surface area contributed by atoms with Gasteiger partial charge in [0.15, 0.2) is 23.0 Å². The number of carboxylic acids is 1. The molecule has 4 aromatic rings. The van der Waals surface area contributed by atoms with E-state index in [9.17, 15) is 19.5 Å². The summed E-state index contributed by atoms with van der Waals surface area (Å²) in [7, 11) is 0. The number of aromatic nitrogens is 2. The number of aromatic hydroxyl groups is 1. The molecule has 0 saturated heterocycles. The summed E-state index contributed by atoms with van der Waals surface area (Å²) in [6, 6.07) is 13.9. The van der Waals surface area contributed by atoms with Gasteiger partial charge in [-0.3, -0.25) is 9.59 Å². The van der Waals surface area contributed by atoms with Crippen LogP contribution in [0.2, 0.25) is 0 Å². The van der Waals surface area contributed by atoms with Gasteiger partial charge in [0.2, 0.25) is 5.75 Å². The summed E-state index contributed by atoms with van der Waals surface area (Å²) in [4.78, 5) is 42.1. The number of anilines is 1. The maximum Gasteiger partial charge on any atom is 0.358 e. The summed E-state index contributed by atoms with van der Waals surface area (Å²) in [5.41, 5.74) is -0.722. The standard InChI is InChI=1S/C22H13N3O6S/c26-17-16(22(29)30)24-19(25-21(17)28)18-14(10-11-32-18)23-20(27)15-9-8-13(31-15)7-6-12-4-2-1-3-5-12/h1-5,8-11,26H,(H,23,27)(H,29,30)(H,24,25,28). The van der Waals surface area contributed by atoms with Crippen molar-refractivity contribution in [3.63, 3.8) is 0 Å². The molecule has 1 amide bonds. The van der Waals surface area contributed by atoms with E-state index < -0.39 is 28.9 Å². The van der Waals surface area contributed by atoms with Crippen molar-refractivity contribution in [1.29, 1.82) is 0 Å². The monoisotopic (exact) mass is 447 g/mol. The number of hydrogen-bond acceptors (Lipinski definition) is 7. The Morgan fingerprint density at radius 3 is 2.62 bits per heavy atom. The Morgan fingerprint density at radius 1 is 1.09 bits per heavy atom. The lowest BCUT2D eigenvalue weighted by molar-refractivity contribution is 0.0686. The lowest BCUT2D eigenvalue weighted by atomic mass is 10.2. The Hall–Kier alpha value is -4.62. The van der Waals surface area contributed by atoms with E-state index in [1.807, 2.05) is 30.3 Å². The number of amides is 1. The number of nitrogens with zero attached hydrogens (tertiary/aromatic N) is 1. The zero-order valence-corrected chi connectivity index (χ0v) is 16.9. The molecule has 3 heterocycles. The number of rotatable bonds is 4. The minimum Gasteiger partial charge on any atom is -0.501 e. The molecular formula is C22H13N3O6S. The number of carbonyl (C=O) groups excluding carboxylic acids is 1. The summed E-state index contributed by atoms with van der Waals surface area (Å²) < 4.78 is 5.48. The van der Waals surface area contributed by atoms with Gasteiger partial charge in [0, 0.05) is 5.56 Å². The predicted octanol–water partition coefficient (Wildman–Crippen LogP) is 3.15. The fourth-order valence-electron chi connectivity index (χ4n) is 2.68. The van der Waals surface area contributed by atoms with E-state index in [2.05, 4.69) is 27.1 Å².